The van der Waals surface area contributed by atoms with Crippen molar-refractivity contribution in [3.05, 3.63) is 34.4 Å². The fraction of sp³-hybridized carbons (Fsp3) is 0.852. The molecule has 36 heteroatoms. The minimum atomic E-state index is -2.13. The summed E-state index contributed by atoms with van der Waals surface area (Å²) in [4.78, 5) is 34.6. The number of hydrogen-bond acceptors (Lipinski definition) is 34. The van der Waals surface area contributed by atoms with Crippen LogP contribution in [0.2, 0.25) is 0 Å². The maximum Gasteiger partial charge on any atom is 0.311 e. The predicted octanol–water partition coefficient (Wildman–Crippen LogP) is -8.41. The molecule has 1 aromatic carbocycles. The highest BCUT2D eigenvalue weighted by Crippen LogP contribution is 2.39. The molecule has 0 aliphatic carbocycles. The van der Waals surface area contributed by atoms with Gasteiger partial charge in [0.15, 0.2) is 37.7 Å². The Morgan fingerprint density at radius 3 is 1.51 bits per heavy atom. The Balaban J connectivity index is 0.891. The molecule has 6 saturated heterocycles. The van der Waals surface area contributed by atoms with Gasteiger partial charge in [0.05, 0.1) is 50.2 Å². The summed E-state index contributed by atoms with van der Waals surface area (Å²) < 4.78 is 74.7. The first-order valence-corrected chi connectivity index (χ1v) is 29.6. The minimum absolute atomic E-state index is 0.00823. The Kier molecular flexibility index (Phi) is 28.0. The Morgan fingerprint density at radius 2 is 0.911 bits per heavy atom. The summed E-state index contributed by atoms with van der Waals surface area (Å²) in [5.74, 6) is -1.89. The van der Waals surface area contributed by atoms with Crippen molar-refractivity contribution in [1.82, 2.24) is 5.32 Å². The van der Waals surface area contributed by atoms with E-state index < -0.39 is 228 Å². The van der Waals surface area contributed by atoms with E-state index in [1.165, 1.54) is 38.1 Å². The van der Waals surface area contributed by atoms with Crippen LogP contribution in [0.1, 0.15) is 58.8 Å². The van der Waals surface area contributed by atoms with Crippen molar-refractivity contribution in [2.45, 2.75) is 237 Å². The molecule has 0 bridgehead atoms. The highest BCUT2D eigenvalue weighted by Gasteiger charge is 2.57. The lowest BCUT2D eigenvalue weighted by molar-refractivity contribution is -0.397. The van der Waals surface area contributed by atoms with Crippen molar-refractivity contribution in [1.29, 1.82) is 0 Å². The van der Waals surface area contributed by atoms with E-state index in [2.05, 4.69) is 5.32 Å². The van der Waals surface area contributed by atoms with Gasteiger partial charge in [-0.2, -0.15) is 0 Å². The van der Waals surface area contributed by atoms with E-state index in [1.807, 2.05) is 0 Å². The molecule has 6 aliphatic rings. The molecule has 6 aliphatic heterocycles. The number of carbonyl (C=O) groups excluding carboxylic acids is 2. The third-order valence-corrected chi connectivity index (χ3v) is 16.4. The van der Waals surface area contributed by atoms with E-state index in [9.17, 15) is 107 Å². The molecule has 1 amide bonds. The molecule has 36 nitrogen and oxygen atoms in total. The van der Waals surface area contributed by atoms with Crippen molar-refractivity contribution < 1.29 is 163 Å². The van der Waals surface area contributed by atoms with Crippen LogP contribution in [0.5, 0.6) is 5.75 Å². The van der Waals surface area contributed by atoms with Gasteiger partial charge in [0.25, 0.3) is 5.69 Å². The highest BCUT2D eigenvalue weighted by molar-refractivity contribution is 5.76. The number of aliphatic hydroxyl groups is 17. The van der Waals surface area contributed by atoms with Gasteiger partial charge in [0.2, 0.25) is 5.91 Å². The first-order chi connectivity index (χ1) is 42.9. The second-order valence-electron chi connectivity index (χ2n) is 22.8. The van der Waals surface area contributed by atoms with Gasteiger partial charge in [0.1, 0.15) is 134 Å². The van der Waals surface area contributed by atoms with Crippen molar-refractivity contribution in [3.8, 4) is 5.75 Å². The summed E-state index contributed by atoms with van der Waals surface area (Å²) in [6, 6.07) is 5.04. The fourth-order valence-electron chi connectivity index (χ4n) is 11.1. The Labute approximate surface area is 513 Å². The summed E-state index contributed by atoms with van der Waals surface area (Å²) in [6.07, 6.45) is -49.2. The maximum atomic E-state index is 12.3. The Hall–Kier alpha value is -3.60. The average Bonchev–Trinajstić information content (AvgIpc) is 1.08. The molecule has 0 radical (unpaired) electrons. The average molecular weight is 1310 g/mol. The number of unbranched alkanes of at least 4 members (excludes halogenated alkanes) is 3. The molecule has 0 spiro atoms. The van der Waals surface area contributed by atoms with Crippen LogP contribution in [0.25, 0.3) is 0 Å². The molecule has 7 rings (SSSR count). The number of ether oxygens (including phenoxy) is 13. The van der Waals surface area contributed by atoms with Crippen LogP contribution in [-0.2, 0) is 66.4 Å². The first kappa shape index (κ1) is 73.8. The van der Waals surface area contributed by atoms with Crippen LogP contribution in [0.4, 0.5) is 5.69 Å². The van der Waals surface area contributed by atoms with Crippen molar-refractivity contribution in [2.24, 2.45) is 5.92 Å². The van der Waals surface area contributed by atoms with Crippen LogP contribution in [0, 0.1) is 16.0 Å². The maximum absolute atomic E-state index is 12.3. The number of esters is 1. The van der Waals surface area contributed by atoms with Gasteiger partial charge >= 0.3 is 5.97 Å². The molecule has 6 heterocycles. The van der Waals surface area contributed by atoms with Crippen molar-refractivity contribution in [3.63, 3.8) is 0 Å². The highest BCUT2D eigenvalue weighted by atomic mass is 16.8. The first-order valence-electron chi connectivity index (χ1n) is 29.6. The third kappa shape index (κ3) is 17.8. The topological polar surface area (TPSA) is 553 Å². The molecule has 12 unspecified atom stereocenters. The van der Waals surface area contributed by atoms with Crippen molar-refractivity contribution in [2.75, 3.05) is 46.2 Å². The van der Waals surface area contributed by atoms with Gasteiger partial charge in [-0.3, -0.25) is 19.7 Å². The van der Waals surface area contributed by atoms with Crippen LogP contribution in [0.15, 0.2) is 24.3 Å². The van der Waals surface area contributed by atoms with Gasteiger partial charge in [-0.05, 0) is 51.2 Å². The SMILES string of the molecule is CC1O[C@@H](O[C@H]2C(O)[C@@H](O)C(CO)O[C@H]2OC2[C@@H](O)C(CO)O[C@@H](O[C@@H]3C(O)[C@@H](O[C@H]4C(CO)O[C@@H](O[C@@H]5C(CO)O[C@@H](OCCCCCNC(=O)CCCCC(=O)Oc6ccc([N+](=O)[O-])cc6)[C@@H](O)C5O)[C@@H](O)C4O)OC(CO)[C@@H]3O)[C@H]2C)[C@@H](O)[C@@H](O)C1O. The van der Waals surface area contributed by atoms with E-state index in [1.54, 1.807) is 0 Å². The smallest absolute Gasteiger partial charge is 0.311 e. The number of rotatable bonds is 29. The number of nitrogens with zero attached hydrogens (tertiary/aromatic N) is 1. The zero-order chi connectivity index (χ0) is 65.8. The molecule has 30 atom stereocenters. The number of hydrogen-bond donors (Lipinski definition) is 18. The number of amides is 1. The monoisotopic (exact) mass is 1310 g/mol. The largest absolute Gasteiger partial charge is 0.427 e. The fourth-order valence-corrected chi connectivity index (χ4v) is 11.1. The van der Waals surface area contributed by atoms with Crippen molar-refractivity contribution >= 4 is 17.6 Å². The number of non-ortho nitro benzene ring substituents is 1. The van der Waals surface area contributed by atoms with E-state index >= 15 is 0 Å². The van der Waals surface area contributed by atoms with E-state index in [0.29, 0.717) is 38.6 Å². The summed E-state index contributed by atoms with van der Waals surface area (Å²) in [5.41, 5.74) is -0.150. The molecule has 90 heavy (non-hydrogen) atoms. The predicted molar refractivity (Wildman–Crippen MR) is 289 cm³/mol. The number of carbonyl (C=O) groups is 2. The Morgan fingerprint density at radius 1 is 0.456 bits per heavy atom. The lowest BCUT2D eigenvalue weighted by atomic mass is 9.91. The number of nitrogens with one attached hydrogen (secondary N) is 1. The molecule has 0 aromatic heterocycles. The Bertz CT molecular complexity index is 2350. The van der Waals surface area contributed by atoms with Gasteiger partial charge in [-0.1, -0.05) is 6.92 Å². The van der Waals surface area contributed by atoms with E-state index in [4.69, 9.17) is 61.6 Å². The lowest BCUT2D eigenvalue weighted by Crippen LogP contribution is -2.67. The normalized spacial score (nSPS) is 42.5. The summed E-state index contributed by atoms with van der Waals surface area (Å²) in [5, 5.41) is 198. The lowest BCUT2D eigenvalue weighted by Gasteiger charge is -2.50. The zero-order valence-electron chi connectivity index (χ0n) is 49.0. The van der Waals surface area contributed by atoms with Gasteiger partial charge < -0.3 is 154 Å². The van der Waals surface area contributed by atoms with Gasteiger partial charge in [-0.15, -0.1) is 0 Å². The second-order valence-corrected chi connectivity index (χ2v) is 22.8. The summed E-state index contributed by atoms with van der Waals surface area (Å²) >= 11 is 0. The molecule has 0 saturated carbocycles. The number of nitro groups is 1. The van der Waals surface area contributed by atoms with Crippen LogP contribution in [0.3, 0.4) is 0 Å². The van der Waals surface area contributed by atoms with Crippen LogP contribution >= 0.6 is 0 Å². The number of aliphatic hydroxyl groups excluding tert-OH is 17. The van der Waals surface area contributed by atoms with E-state index in [-0.39, 0.29) is 36.8 Å². The molecule has 18 N–H and O–H groups in total. The van der Waals surface area contributed by atoms with Gasteiger partial charge in [-0.25, -0.2) is 0 Å². The molecule has 516 valence electrons. The third-order valence-electron chi connectivity index (χ3n) is 16.4. The second kappa shape index (κ2) is 34.2. The zero-order valence-corrected chi connectivity index (χ0v) is 49.0. The summed E-state index contributed by atoms with van der Waals surface area (Å²) in [7, 11) is 0. The van der Waals surface area contributed by atoms with Crippen LogP contribution in [-0.4, -0.2) is 328 Å². The van der Waals surface area contributed by atoms with E-state index in [0.717, 1.165) is 0 Å². The summed E-state index contributed by atoms with van der Waals surface area (Å²) in [6.45, 7) is -1.62. The molecular formula is C54H86N2O34. The van der Waals surface area contributed by atoms with Crippen LogP contribution < -0.4 is 10.1 Å². The number of benzene rings is 1. The standard InChI is InChI=1S/C54H86N2O34/c1-21-44(86-54-48(37(69)33(65)25(16-57)83-54)90-51-40(72)36(68)32(64)22(2)79-51)34(66)26(17-58)81-49(21)89-47-35(67)27(18-59)82-53(43(47)75)88-46-29(20-61)85-52(42(74)39(46)71)87-45-28(19-60)84-50(41(73)38(45)70)78-15-7-3-6-14-55-30(62)8-4-5-9-31(63)80-24-12-10-23(11-13-24)56(76)77/h10-13,21-22,25-29,32-54,57-61,64-75H,3-9,14-20H2,1-2H3,(H,55,62)/t21-,22?,25?,26?,27?,28?,29?,32?,33-,34-,35-,36-,37?,38?,39?,40-,41-,42-,43?,44?,45+,46-,47-,48-,49-,50+,51-,52-,53+,54-/m0/s1. The molecular weight excluding hydrogens is 1220 g/mol. The molecule has 1 aromatic rings. The molecule has 6 fully saturated rings. The van der Waals surface area contributed by atoms with Gasteiger partial charge in [0, 0.05) is 44.0 Å². The quantitative estimate of drug-likeness (QED) is 0.0116. The number of nitro benzene ring substituents is 1. The minimum Gasteiger partial charge on any atom is -0.427 e.